The molecule has 2 aromatic carbocycles. The molecule has 1 amide bonds. The number of ether oxygens (including phenoxy) is 2. The van der Waals surface area contributed by atoms with Crippen molar-refractivity contribution in [3.63, 3.8) is 0 Å². The molecule has 0 spiro atoms. The Labute approximate surface area is 191 Å². The number of alkyl halides is 3. The third-order valence-corrected chi connectivity index (χ3v) is 4.25. The summed E-state index contributed by atoms with van der Waals surface area (Å²) in [5.74, 6) is 2.14. The van der Waals surface area contributed by atoms with Gasteiger partial charge in [0, 0.05) is 29.7 Å². The van der Waals surface area contributed by atoms with Crippen LogP contribution in [0.1, 0.15) is 18.2 Å². The molecule has 1 heterocycles. The number of nitrogens with one attached hydrogen (secondary N) is 2. The van der Waals surface area contributed by atoms with E-state index in [0.29, 0.717) is 18.9 Å². The molecule has 0 unspecified atom stereocenters. The van der Waals surface area contributed by atoms with E-state index >= 15 is 0 Å². The van der Waals surface area contributed by atoms with Gasteiger partial charge in [-0.1, -0.05) is 5.92 Å². The lowest BCUT2D eigenvalue weighted by Crippen LogP contribution is -2.12. The van der Waals surface area contributed by atoms with Crippen molar-refractivity contribution >= 4 is 11.6 Å². The van der Waals surface area contributed by atoms with Crippen LogP contribution in [0.25, 0.3) is 11.4 Å². The first-order chi connectivity index (χ1) is 16.2. The van der Waals surface area contributed by atoms with Crippen LogP contribution >= 0.6 is 0 Å². The Morgan fingerprint density at radius 2 is 1.85 bits per heavy atom. The quantitative estimate of drug-likeness (QED) is 0.291. The molecule has 178 valence electrons. The first-order valence-electron chi connectivity index (χ1n) is 9.92. The van der Waals surface area contributed by atoms with Crippen LogP contribution < -0.4 is 10.1 Å². The monoisotopic (exact) mass is 479 g/mol. The fraction of sp³-hybridized carbons (Fsp3) is 0.217. The van der Waals surface area contributed by atoms with Gasteiger partial charge in [0.1, 0.15) is 35.5 Å². The number of halogens is 5. The normalized spacial score (nSPS) is 11.0. The largest absolute Gasteiger partial charge is 0.489 e. The summed E-state index contributed by atoms with van der Waals surface area (Å²) in [5, 5.41) is 2.47. The van der Waals surface area contributed by atoms with Crippen LogP contribution in [-0.2, 0) is 15.7 Å². The zero-order valence-corrected chi connectivity index (χ0v) is 17.7. The highest BCUT2D eigenvalue weighted by Crippen LogP contribution is 2.32. The third kappa shape index (κ3) is 6.79. The number of anilines is 1. The van der Waals surface area contributed by atoms with Crippen LogP contribution in [0.3, 0.4) is 0 Å². The van der Waals surface area contributed by atoms with Crippen molar-refractivity contribution in [1.82, 2.24) is 9.97 Å². The van der Waals surface area contributed by atoms with Gasteiger partial charge in [-0.25, -0.2) is 13.8 Å². The van der Waals surface area contributed by atoms with Crippen LogP contribution in [0.4, 0.5) is 27.6 Å². The van der Waals surface area contributed by atoms with Gasteiger partial charge in [0.05, 0.1) is 18.5 Å². The summed E-state index contributed by atoms with van der Waals surface area (Å²) in [6.07, 6.45) is -3.94. The summed E-state index contributed by atoms with van der Waals surface area (Å²) >= 11 is 0. The van der Waals surface area contributed by atoms with E-state index in [-0.39, 0.29) is 41.6 Å². The molecule has 0 aliphatic heterocycles. The maximum Gasteiger partial charge on any atom is 0.432 e. The van der Waals surface area contributed by atoms with Crippen molar-refractivity contribution in [3.8, 4) is 29.0 Å². The van der Waals surface area contributed by atoms with Crippen molar-refractivity contribution in [3.05, 3.63) is 65.5 Å². The van der Waals surface area contributed by atoms with Crippen molar-refractivity contribution in [2.24, 2.45) is 0 Å². The molecule has 6 nitrogen and oxygen atoms in total. The highest BCUT2D eigenvalue weighted by atomic mass is 19.4. The van der Waals surface area contributed by atoms with Crippen LogP contribution in [0.15, 0.2) is 42.6 Å². The Bertz CT molecular complexity index is 1210. The molecule has 3 rings (SSSR count). The average molecular weight is 479 g/mol. The lowest BCUT2D eigenvalue weighted by atomic mass is 10.1. The Morgan fingerprint density at radius 3 is 2.50 bits per heavy atom. The van der Waals surface area contributed by atoms with Crippen molar-refractivity contribution in [1.29, 1.82) is 0 Å². The highest BCUT2D eigenvalue weighted by molar-refractivity contribution is 6.05. The molecular weight excluding hydrogens is 461 g/mol. The summed E-state index contributed by atoms with van der Waals surface area (Å²) in [6.45, 7) is 2.69. The fourth-order valence-corrected chi connectivity index (χ4v) is 2.78. The van der Waals surface area contributed by atoms with Gasteiger partial charge in [0.25, 0.3) is 0 Å². The summed E-state index contributed by atoms with van der Waals surface area (Å²) in [4.78, 5) is 18.3. The second kappa shape index (κ2) is 10.8. The first kappa shape index (κ1) is 24.7. The Morgan fingerprint density at radius 1 is 1.12 bits per heavy atom. The molecule has 3 aromatic rings. The van der Waals surface area contributed by atoms with Gasteiger partial charge >= 0.3 is 12.1 Å². The lowest BCUT2D eigenvalue weighted by Gasteiger charge is -2.13. The smallest absolute Gasteiger partial charge is 0.432 e. The first-order valence-corrected chi connectivity index (χ1v) is 9.92. The van der Waals surface area contributed by atoms with Crippen LogP contribution in [0.2, 0.25) is 0 Å². The van der Waals surface area contributed by atoms with E-state index in [1.807, 2.05) is 6.92 Å². The minimum Gasteiger partial charge on any atom is -0.489 e. The number of aromatic amines is 1. The molecular formula is C23H18F5N3O3. The second-order valence-corrected chi connectivity index (χ2v) is 6.76. The molecule has 11 heteroatoms. The Hall–Kier alpha value is -3.91. The molecule has 1 aromatic heterocycles. The predicted octanol–water partition coefficient (Wildman–Crippen LogP) is 4.78. The molecule has 0 aliphatic rings. The van der Waals surface area contributed by atoms with Gasteiger partial charge in [-0.2, -0.15) is 13.2 Å². The standard InChI is InChI=1S/C23H18F5N3O3/c1-2-33-7-8-34-19-5-4-15(22-29-13-20(31-22)23(26,27)28)11-18(19)30-21(32)6-3-14-9-16(24)12-17(25)10-14/h4-5,9-13H,2,7-8H2,1H3,(H,29,31)(H,30,32). The van der Waals surface area contributed by atoms with E-state index in [4.69, 9.17) is 9.47 Å². The molecule has 2 N–H and O–H groups in total. The van der Waals surface area contributed by atoms with E-state index in [1.54, 1.807) is 0 Å². The number of carbonyl (C=O) groups excluding carboxylic acids is 1. The molecule has 0 saturated carbocycles. The van der Waals surface area contributed by atoms with Crippen LogP contribution in [0.5, 0.6) is 5.75 Å². The van der Waals surface area contributed by atoms with E-state index in [2.05, 4.69) is 27.1 Å². The summed E-state index contributed by atoms with van der Waals surface area (Å²) in [5.41, 5.74) is -0.741. The third-order valence-electron chi connectivity index (χ3n) is 4.25. The number of benzene rings is 2. The number of hydrogen-bond acceptors (Lipinski definition) is 4. The average Bonchev–Trinajstić information content (AvgIpc) is 3.26. The van der Waals surface area contributed by atoms with E-state index in [1.165, 1.54) is 18.2 Å². The molecule has 0 fully saturated rings. The number of carbonyl (C=O) groups is 1. The van der Waals surface area contributed by atoms with E-state index in [0.717, 1.165) is 12.1 Å². The topological polar surface area (TPSA) is 76.2 Å². The van der Waals surface area contributed by atoms with Crippen LogP contribution in [-0.4, -0.2) is 35.7 Å². The van der Waals surface area contributed by atoms with Crippen LogP contribution in [0, 0.1) is 23.5 Å². The molecule has 34 heavy (non-hydrogen) atoms. The van der Waals surface area contributed by atoms with E-state index in [9.17, 15) is 26.7 Å². The zero-order valence-electron chi connectivity index (χ0n) is 17.7. The molecule has 0 radical (unpaired) electrons. The summed E-state index contributed by atoms with van der Waals surface area (Å²) < 4.78 is 76.0. The summed E-state index contributed by atoms with van der Waals surface area (Å²) in [7, 11) is 0. The van der Waals surface area contributed by atoms with Gasteiger partial charge in [0.15, 0.2) is 0 Å². The molecule has 0 aliphatic carbocycles. The van der Waals surface area contributed by atoms with Gasteiger partial charge in [-0.3, -0.25) is 4.79 Å². The minimum atomic E-state index is -4.60. The number of rotatable bonds is 7. The van der Waals surface area contributed by atoms with Crippen molar-refractivity contribution in [2.45, 2.75) is 13.1 Å². The van der Waals surface area contributed by atoms with Crippen molar-refractivity contribution in [2.75, 3.05) is 25.1 Å². The second-order valence-electron chi connectivity index (χ2n) is 6.76. The predicted molar refractivity (Wildman–Crippen MR) is 113 cm³/mol. The SMILES string of the molecule is CCOCCOc1ccc(-c2ncc(C(F)(F)F)[nH]2)cc1NC(=O)C#Cc1cc(F)cc(F)c1. The molecule has 0 bridgehead atoms. The number of nitrogens with zero attached hydrogens (tertiary/aromatic N) is 1. The lowest BCUT2D eigenvalue weighted by molar-refractivity contribution is -0.140. The maximum absolute atomic E-state index is 13.3. The van der Waals surface area contributed by atoms with Crippen molar-refractivity contribution < 1.29 is 36.2 Å². The van der Waals surface area contributed by atoms with Gasteiger partial charge < -0.3 is 19.8 Å². The van der Waals surface area contributed by atoms with Gasteiger partial charge in [-0.15, -0.1) is 0 Å². The number of H-pyrrole nitrogens is 1. The van der Waals surface area contributed by atoms with Gasteiger partial charge in [0.2, 0.25) is 0 Å². The number of aromatic nitrogens is 2. The minimum absolute atomic E-state index is 0.0511. The van der Waals surface area contributed by atoms with Gasteiger partial charge in [-0.05, 0) is 37.3 Å². The molecule has 0 atom stereocenters. The number of hydrogen-bond donors (Lipinski definition) is 2. The summed E-state index contributed by atoms with van der Waals surface area (Å²) in [6, 6.07) is 6.86. The number of amides is 1. The Kier molecular flexibility index (Phi) is 7.86. The maximum atomic E-state index is 13.3. The highest BCUT2D eigenvalue weighted by Gasteiger charge is 2.33. The molecule has 0 saturated heterocycles. The Balaban J connectivity index is 1.86. The zero-order chi connectivity index (χ0) is 24.7. The van der Waals surface area contributed by atoms with E-state index < -0.39 is 29.4 Å². The fourth-order valence-electron chi connectivity index (χ4n) is 2.78. The number of imidazole rings is 1.